The van der Waals surface area contributed by atoms with Gasteiger partial charge in [0.2, 0.25) is 5.91 Å². The number of hydrogen-bond acceptors (Lipinski definition) is 2. The van der Waals surface area contributed by atoms with Gasteiger partial charge in [-0.05, 0) is 22.8 Å². The number of benzene rings is 1. The summed E-state index contributed by atoms with van der Waals surface area (Å²) in [6.45, 7) is 11.2. The van der Waals surface area contributed by atoms with E-state index in [2.05, 4.69) is 57.0 Å². The molecule has 1 aliphatic carbocycles. The Morgan fingerprint density at radius 1 is 1.10 bits per heavy atom. The van der Waals surface area contributed by atoms with E-state index in [1.54, 1.807) is 0 Å². The molecule has 0 aromatic heterocycles. The number of rotatable bonds is 3. The maximum atomic E-state index is 12.8. The third-order valence-corrected chi connectivity index (χ3v) is 5.94. The number of carbonyl (C=O) groups excluding carboxylic acids is 1. The average Bonchev–Trinajstić information content (AvgIpc) is 2.71. The third kappa shape index (κ3) is 1.94. The smallest absolute Gasteiger partial charge is 0.241 e. The number of nitrogens with one attached hydrogen (secondary N) is 1. The van der Waals surface area contributed by atoms with Crippen LogP contribution in [0.2, 0.25) is 0 Å². The molecule has 2 unspecified atom stereocenters. The monoisotopic (exact) mass is 286 g/mol. The molecule has 3 heteroatoms. The van der Waals surface area contributed by atoms with Crippen LogP contribution in [0.5, 0.6) is 0 Å². The normalized spacial score (nSPS) is 30.7. The van der Waals surface area contributed by atoms with E-state index in [0.717, 1.165) is 6.42 Å². The van der Waals surface area contributed by atoms with Crippen LogP contribution in [0.4, 0.5) is 0 Å². The van der Waals surface area contributed by atoms with Gasteiger partial charge in [-0.2, -0.15) is 0 Å². The van der Waals surface area contributed by atoms with Gasteiger partial charge in [-0.3, -0.25) is 10.1 Å². The van der Waals surface area contributed by atoms with Crippen molar-refractivity contribution in [1.29, 1.82) is 0 Å². The maximum Gasteiger partial charge on any atom is 0.241 e. The first-order valence-corrected chi connectivity index (χ1v) is 7.95. The van der Waals surface area contributed by atoms with Crippen molar-refractivity contribution in [3.63, 3.8) is 0 Å². The quantitative estimate of drug-likeness (QED) is 0.924. The molecular formula is C18H26N2O. The molecule has 0 bridgehead atoms. The van der Waals surface area contributed by atoms with Crippen LogP contribution in [-0.4, -0.2) is 22.9 Å². The second-order valence-corrected chi connectivity index (χ2v) is 7.53. The van der Waals surface area contributed by atoms with E-state index in [1.807, 2.05) is 18.2 Å². The van der Waals surface area contributed by atoms with E-state index in [0.29, 0.717) is 6.04 Å². The molecule has 114 valence electrons. The Bertz CT molecular complexity index is 536. The molecule has 1 amide bonds. The van der Waals surface area contributed by atoms with Crippen LogP contribution in [0.3, 0.4) is 0 Å². The molecule has 3 nitrogen and oxygen atoms in total. The summed E-state index contributed by atoms with van der Waals surface area (Å²) in [6, 6.07) is 10.6. The lowest BCUT2D eigenvalue weighted by Gasteiger charge is -2.27. The zero-order chi connectivity index (χ0) is 15.4. The van der Waals surface area contributed by atoms with E-state index < -0.39 is 0 Å². The molecule has 3 rings (SSSR count). The molecule has 1 heterocycles. The lowest BCUT2D eigenvalue weighted by molar-refractivity contribution is -0.131. The first kappa shape index (κ1) is 14.6. The van der Waals surface area contributed by atoms with Gasteiger partial charge < -0.3 is 4.90 Å². The molecule has 2 aliphatic rings. The maximum absolute atomic E-state index is 12.8. The molecule has 21 heavy (non-hydrogen) atoms. The van der Waals surface area contributed by atoms with Crippen LogP contribution >= 0.6 is 0 Å². The van der Waals surface area contributed by atoms with Crippen molar-refractivity contribution in [3.8, 4) is 0 Å². The molecule has 2 fully saturated rings. The van der Waals surface area contributed by atoms with E-state index in [1.165, 1.54) is 5.56 Å². The van der Waals surface area contributed by atoms with E-state index >= 15 is 0 Å². The topological polar surface area (TPSA) is 32.3 Å². The molecule has 2 atom stereocenters. The van der Waals surface area contributed by atoms with Crippen molar-refractivity contribution in [1.82, 2.24) is 10.2 Å². The summed E-state index contributed by atoms with van der Waals surface area (Å²) >= 11 is 0. The van der Waals surface area contributed by atoms with Crippen LogP contribution in [0.1, 0.15) is 52.8 Å². The Hall–Kier alpha value is -1.35. The first-order valence-electron chi connectivity index (χ1n) is 7.95. The van der Waals surface area contributed by atoms with Crippen molar-refractivity contribution in [2.75, 3.05) is 0 Å². The Balaban J connectivity index is 1.98. The van der Waals surface area contributed by atoms with Crippen LogP contribution in [0.15, 0.2) is 30.3 Å². The van der Waals surface area contributed by atoms with Gasteiger partial charge in [-0.15, -0.1) is 0 Å². The predicted molar refractivity (Wildman–Crippen MR) is 84.6 cm³/mol. The standard InChI is InChI=1S/C18H26N2O/c1-6-13-15(21)20(16-17(2,3)18(16,4)5)14(19-13)12-10-8-7-9-11-12/h7-11,13-14,16,19H,6H2,1-5H3. The van der Waals surface area contributed by atoms with E-state index in [-0.39, 0.29) is 28.9 Å². The lowest BCUT2D eigenvalue weighted by atomic mass is 10.0. The second kappa shape index (κ2) is 4.57. The zero-order valence-electron chi connectivity index (χ0n) is 13.7. The van der Waals surface area contributed by atoms with E-state index in [4.69, 9.17) is 0 Å². The van der Waals surface area contributed by atoms with Gasteiger partial charge in [-0.25, -0.2) is 0 Å². The van der Waals surface area contributed by atoms with Crippen LogP contribution in [-0.2, 0) is 4.79 Å². The molecule has 0 spiro atoms. The van der Waals surface area contributed by atoms with Crippen LogP contribution in [0.25, 0.3) is 0 Å². The summed E-state index contributed by atoms with van der Waals surface area (Å²) < 4.78 is 0. The highest BCUT2D eigenvalue weighted by Gasteiger charge is 2.70. The number of amides is 1. The van der Waals surface area contributed by atoms with Gasteiger partial charge in [-0.1, -0.05) is 65.0 Å². The van der Waals surface area contributed by atoms with Gasteiger partial charge in [0.25, 0.3) is 0 Å². The molecule has 1 aromatic carbocycles. The highest BCUT2D eigenvalue weighted by atomic mass is 16.2. The minimum atomic E-state index is -0.0533. The molecule has 0 radical (unpaired) electrons. The number of nitrogens with zero attached hydrogens (tertiary/aromatic N) is 1. The minimum absolute atomic E-state index is 0.00898. The first-order chi connectivity index (χ1) is 9.82. The fraction of sp³-hybridized carbons (Fsp3) is 0.611. The summed E-state index contributed by atoms with van der Waals surface area (Å²) in [5.41, 5.74) is 1.51. The Morgan fingerprint density at radius 3 is 2.14 bits per heavy atom. The van der Waals surface area contributed by atoms with Gasteiger partial charge in [0, 0.05) is 6.04 Å². The number of carbonyl (C=O) groups is 1. The molecule has 1 aromatic rings. The molecular weight excluding hydrogens is 260 g/mol. The third-order valence-electron chi connectivity index (χ3n) is 5.94. The Morgan fingerprint density at radius 2 is 1.67 bits per heavy atom. The Labute approximate surface area is 127 Å². The highest BCUT2D eigenvalue weighted by Crippen LogP contribution is 2.66. The molecule has 1 saturated carbocycles. The molecule has 1 N–H and O–H groups in total. The van der Waals surface area contributed by atoms with Gasteiger partial charge in [0.15, 0.2) is 0 Å². The fourth-order valence-electron chi connectivity index (χ4n) is 3.97. The molecule has 1 saturated heterocycles. The number of hydrogen-bond donors (Lipinski definition) is 1. The van der Waals surface area contributed by atoms with Crippen molar-refractivity contribution >= 4 is 5.91 Å². The van der Waals surface area contributed by atoms with Gasteiger partial charge in [0.1, 0.15) is 6.17 Å². The summed E-state index contributed by atoms with van der Waals surface area (Å²) in [6.07, 6.45) is 0.849. The average molecular weight is 286 g/mol. The SMILES string of the molecule is CCC1NC(c2ccccc2)N(C2C(C)(C)C2(C)C)C1=O. The van der Waals surface area contributed by atoms with E-state index in [9.17, 15) is 4.79 Å². The summed E-state index contributed by atoms with van der Waals surface area (Å²) in [5, 5.41) is 3.53. The Kier molecular flexibility index (Phi) is 3.17. The summed E-state index contributed by atoms with van der Waals surface area (Å²) in [5.74, 6) is 0.259. The van der Waals surface area contributed by atoms with Crippen molar-refractivity contribution in [2.45, 2.75) is 59.3 Å². The second-order valence-electron chi connectivity index (χ2n) is 7.53. The predicted octanol–water partition coefficient (Wildman–Crippen LogP) is 3.33. The highest BCUT2D eigenvalue weighted by molar-refractivity contribution is 5.85. The minimum Gasteiger partial charge on any atom is -0.317 e. The zero-order valence-corrected chi connectivity index (χ0v) is 13.7. The largest absolute Gasteiger partial charge is 0.317 e. The van der Waals surface area contributed by atoms with Crippen LogP contribution in [0, 0.1) is 10.8 Å². The van der Waals surface area contributed by atoms with Crippen LogP contribution < -0.4 is 5.32 Å². The fourth-order valence-corrected chi connectivity index (χ4v) is 3.97. The molecule has 1 aliphatic heterocycles. The van der Waals surface area contributed by atoms with Crippen molar-refractivity contribution in [3.05, 3.63) is 35.9 Å². The summed E-state index contributed by atoms with van der Waals surface area (Å²) in [4.78, 5) is 15.0. The summed E-state index contributed by atoms with van der Waals surface area (Å²) in [7, 11) is 0. The lowest BCUT2D eigenvalue weighted by Crippen LogP contribution is -2.36. The van der Waals surface area contributed by atoms with Gasteiger partial charge >= 0.3 is 0 Å². The van der Waals surface area contributed by atoms with Crippen molar-refractivity contribution < 1.29 is 4.79 Å². The van der Waals surface area contributed by atoms with Crippen molar-refractivity contribution in [2.24, 2.45) is 10.8 Å². The van der Waals surface area contributed by atoms with Gasteiger partial charge in [0.05, 0.1) is 6.04 Å².